The maximum Gasteiger partial charge on any atom is 0.248 e. The molecule has 0 radical (unpaired) electrons. The summed E-state index contributed by atoms with van der Waals surface area (Å²) in [6.07, 6.45) is 2.72. The number of hydrogen-bond acceptors (Lipinski definition) is 10. The quantitative estimate of drug-likeness (QED) is 0.523. The van der Waals surface area contributed by atoms with E-state index in [0.717, 1.165) is 26.2 Å². The molecule has 3 rings (SSSR count). The van der Waals surface area contributed by atoms with Gasteiger partial charge in [-0.2, -0.15) is 9.97 Å². The Bertz CT molecular complexity index is 863. The van der Waals surface area contributed by atoms with Crippen LogP contribution in [0.3, 0.4) is 0 Å². The Balaban J connectivity index is 1.88. The second kappa shape index (κ2) is 9.52. The van der Waals surface area contributed by atoms with Crippen LogP contribution in [0.5, 0.6) is 11.8 Å². The third kappa shape index (κ3) is 5.12. The molecule has 3 heterocycles. The molecule has 29 heavy (non-hydrogen) atoms. The summed E-state index contributed by atoms with van der Waals surface area (Å²) in [5.74, 6) is 1.32. The summed E-state index contributed by atoms with van der Waals surface area (Å²) in [5, 5.41) is 2.99. The van der Waals surface area contributed by atoms with Gasteiger partial charge in [0.05, 0.1) is 14.2 Å². The number of aromatic nitrogens is 4. The molecule has 1 aliphatic heterocycles. The van der Waals surface area contributed by atoms with Gasteiger partial charge < -0.3 is 24.6 Å². The summed E-state index contributed by atoms with van der Waals surface area (Å²) in [7, 11) is 5.17. The number of carbonyl (C=O) groups is 1. The third-order valence-corrected chi connectivity index (χ3v) is 5.16. The van der Waals surface area contributed by atoms with Crippen molar-refractivity contribution >= 4 is 29.4 Å². The van der Waals surface area contributed by atoms with E-state index in [2.05, 4.69) is 48.7 Å². The Morgan fingerprint density at radius 2 is 1.83 bits per heavy atom. The maximum atomic E-state index is 11.5. The van der Waals surface area contributed by atoms with Gasteiger partial charge in [-0.1, -0.05) is 6.58 Å². The van der Waals surface area contributed by atoms with Gasteiger partial charge in [0.1, 0.15) is 10.7 Å². The van der Waals surface area contributed by atoms with E-state index in [-0.39, 0.29) is 5.91 Å². The van der Waals surface area contributed by atoms with Crippen LogP contribution in [0.1, 0.15) is 0 Å². The zero-order valence-electron chi connectivity index (χ0n) is 16.6. The molecule has 0 bridgehead atoms. The van der Waals surface area contributed by atoms with Gasteiger partial charge >= 0.3 is 0 Å². The summed E-state index contributed by atoms with van der Waals surface area (Å²) in [6, 6.07) is 1.59. The number of hydrogen-bond donors (Lipinski definition) is 1. The minimum Gasteiger partial charge on any atom is -0.480 e. The normalized spacial score (nSPS) is 14.4. The fourth-order valence-corrected chi connectivity index (χ4v) is 3.51. The molecule has 0 atom stereocenters. The van der Waals surface area contributed by atoms with Gasteiger partial charge in [-0.15, -0.1) is 0 Å². The predicted octanol–water partition coefficient (Wildman–Crippen LogP) is 1.31. The van der Waals surface area contributed by atoms with E-state index in [1.54, 1.807) is 26.5 Å². The Morgan fingerprint density at radius 1 is 1.17 bits per heavy atom. The summed E-state index contributed by atoms with van der Waals surface area (Å²) in [6.45, 7) is 6.94. The first-order chi connectivity index (χ1) is 14.0. The fraction of sp³-hybridized carbons (Fsp3) is 0.389. The van der Waals surface area contributed by atoms with Gasteiger partial charge in [0.25, 0.3) is 0 Å². The Hall–Kier alpha value is -2.92. The van der Waals surface area contributed by atoms with Crippen LogP contribution in [0, 0.1) is 0 Å². The van der Waals surface area contributed by atoms with Crippen LogP contribution < -0.4 is 19.7 Å². The first kappa shape index (κ1) is 20.8. The molecule has 0 saturated carbocycles. The summed E-state index contributed by atoms with van der Waals surface area (Å²) in [5.41, 5.74) is 0. The molecule has 1 aliphatic rings. The average molecular weight is 417 g/mol. The van der Waals surface area contributed by atoms with Crippen molar-refractivity contribution in [3.8, 4) is 11.8 Å². The van der Waals surface area contributed by atoms with Crippen molar-refractivity contribution in [3.05, 3.63) is 24.9 Å². The number of carbonyl (C=O) groups excluding carboxylic acids is 1. The number of piperazine rings is 1. The molecule has 154 valence electrons. The number of amides is 1. The molecular weight excluding hydrogens is 394 g/mol. The number of ether oxygens (including phenoxy) is 2. The molecule has 0 spiro atoms. The molecule has 1 fully saturated rings. The van der Waals surface area contributed by atoms with Crippen molar-refractivity contribution in [1.82, 2.24) is 24.8 Å². The average Bonchev–Trinajstić information content (AvgIpc) is 2.74. The smallest absolute Gasteiger partial charge is 0.248 e. The molecule has 1 saturated heterocycles. The van der Waals surface area contributed by atoms with E-state index in [1.165, 1.54) is 17.8 Å². The van der Waals surface area contributed by atoms with E-state index in [0.29, 0.717) is 33.6 Å². The zero-order valence-corrected chi connectivity index (χ0v) is 17.4. The second-order valence-electron chi connectivity index (χ2n) is 6.18. The lowest BCUT2D eigenvalue weighted by atomic mass is 10.3. The summed E-state index contributed by atoms with van der Waals surface area (Å²) >= 11 is 1.19. The predicted molar refractivity (Wildman–Crippen MR) is 110 cm³/mol. The number of anilines is 2. The lowest BCUT2D eigenvalue weighted by Crippen LogP contribution is -2.45. The molecule has 2 aromatic heterocycles. The highest BCUT2D eigenvalue weighted by Crippen LogP contribution is 2.39. The van der Waals surface area contributed by atoms with E-state index in [4.69, 9.17) is 9.47 Å². The Labute approximate surface area is 173 Å². The standard InChI is InChI=1S/C18H23N7O3S/c1-5-13(26)20-12-6-7-19-18(21-12)29-14-15(27-3)22-17(23-16(14)28-4)25-10-8-24(2)9-11-25/h5-7H,1,8-11H2,2-4H3,(H,19,20,21,26). The minimum atomic E-state index is -0.352. The van der Waals surface area contributed by atoms with Gasteiger partial charge in [-0.3, -0.25) is 4.79 Å². The molecule has 11 heteroatoms. The molecule has 1 amide bonds. The van der Waals surface area contributed by atoms with Crippen LogP contribution in [0.2, 0.25) is 0 Å². The number of rotatable bonds is 7. The minimum absolute atomic E-state index is 0.352. The van der Waals surface area contributed by atoms with Crippen LogP contribution in [0.25, 0.3) is 0 Å². The molecule has 0 unspecified atom stereocenters. The summed E-state index contributed by atoms with van der Waals surface area (Å²) in [4.78, 5) is 34.1. The highest BCUT2D eigenvalue weighted by atomic mass is 32.2. The number of nitrogens with one attached hydrogen (secondary N) is 1. The van der Waals surface area contributed by atoms with Gasteiger partial charge in [0, 0.05) is 32.4 Å². The fourth-order valence-electron chi connectivity index (χ4n) is 2.64. The highest BCUT2D eigenvalue weighted by molar-refractivity contribution is 7.99. The van der Waals surface area contributed by atoms with Crippen molar-refractivity contribution in [2.45, 2.75) is 10.1 Å². The second-order valence-corrected chi connectivity index (χ2v) is 7.16. The van der Waals surface area contributed by atoms with E-state index in [1.807, 2.05) is 0 Å². The van der Waals surface area contributed by atoms with Crippen molar-refractivity contribution in [2.75, 3.05) is 57.7 Å². The van der Waals surface area contributed by atoms with Gasteiger partial charge in [0.15, 0.2) is 5.16 Å². The number of likely N-dealkylation sites (N-methyl/N-ethyl adjacent to an activating group) is 1. The van der Waals surface area contributed by atoms with Gasteiger partial charge in [-0.05, 0) is 31.0 Å². The molecular formula is C18H23N7O3S. The Morgan fingerprint density at radius 3 is 2.41 bits per heavy atom. The van der Waals surface area contributed by atoms with Gasteiger partial charge in [0.2, 0.25) is 23.6 Å². The number of nitrogens with zero attached hydrogens (tertiary/aromatic N) is 6. The largest absolute Gasteiger partial charge is 0.480 e. The van der Waals surface area contributed by atoms with Crippen LogP contribution in [0.15, 0.2) is 35.0 Å². The van der Waals surface area contributed by atoms with Crippen LogP contribution >= 0.6 is 11.8 Å². The van der Waals surface area contributed by atoms with Crippen LogP contribution in [0.4, 0.5) is 11.8 Å². The molecule has 0 aliphatic carbocycles. The molecule has 1 N–H and O–H groups in total. The summed E-state index contributed by atoms with van der Waals surface area (Å²) < 4.78 is 11.0. The SMILES string of the molecule is C=CC(=O)Nc1ccnc(Sc2c(OC)nc(N3CCN(C)CC3)nc2OC)n1. The first-order valence-corrected chi connectivity index (χ1v) is 9.73. The van der Waals surface area contributed by atoms with Crippen molar-refractivity contribution in [3.63, 3.8) is 0 Å². The molecule has 2 aromatic rings. The monoisotopic (exact) mass is 417 g/mol. The lowest BCUT2D eigenvalue weighted by molar-refractivity contribution is -0.111. The zero-order chi connectivity index (χ0) is 20.8. The third-order valence-electron chi connectivity index (χ3n) is 4.23. The van der Waals surface area contributed by atoms with Gasteiger partial charge in [-0.25, -0.2) is 9.97 Å². The van der Waals surface area contributed by atoms with Crippen molar-refractivity contribution < 1.29 is 14.3 Å². The number of methoxy groups -OCH3 is 2. The first-order valence-electron chi connectivity index (χ1n) is 8.92. The molecule has 10 nitrogen and oxygen atoms in total. The Kier molecular flexibility index (Phi) is 6.83. The van der Waals surface area contributed by atoms with E-state index in [9.17, 15) is 4.79 Å². The van der Waals surface area contributed by atoms with Crippen molar-refractivity contribution in [2.24, 2.45) is 0 Å². The van der Waals surface area contributed by atoms with Crippen LogP contribution in [-0.2, 0) is 4.79 Å². The van der Waals surface area contributed by atoms with E-state index >= 15 is 0 Å². The topological polar surface area (TPSA) is 106 Å². The maximum absolute atomic E-state index is 11.5. The van der Waals surface area contributed by atoms with Crippen molar-refractivity contribution in [1.29, 1.82) is 0 Å². The molecule has 0 aromatic carbocycles. The lowest BCUT2D eigenvalue weighted by Gasteiger charge is -2.32. The van der Waals surface area contributed by atoms with Crippen LogP contribution in [-0.4, -0.2) is 78.2 Å². The highest BCUT2D eigenvalue weighted by Gasteiger charge is 2.23. The van der Waals surface area contributed by atoms with E-state index < -0.39 is 0 Å².